The topological polar surface area (TPSA) is 43.1 Å². The Bertz CT molecular complexity index is 410. The number of rotatable bonds is 6. The predicted octanol–water partition coefficient (Wildman–Crippen LogP) is 3.50. The molecule has 0 saturated carbocycles. The highest BCUT2D eigenvalue weighted by Crippen LogP contribution is 2.20. The first-order chi connectivity index (χ1) is 8.45. The summed E-state index contributed by atoms with van der Waals surface area (Å²) in [4.78, 5) is 12.3. The molecule has 0 aliphatic carbocycles. The largest absolute Gasteiger partial charge is 0.330 e. The van der Waals surface area contributed by atoms with E-state index in [9.17, 15) is 4.79 Å². The number of ketones is 1. The average Bonchev–Trinajstić information content (AvgIpc) is 2.31. The molecular formula is C16H25NO. The average molecular weight is 247 g/mol. The molecule has 2 heteroatoms. The molecule has 1 rings (SSSR count). The van der Waals surface area contributed by atoms with Crippen molar-refractivity contribution in [1.82, 2.24) is 0 Å². The Hall–Kier alpha value is -1.15. The van der Waals surface area contributed by atoms with Gasteiger partial charge in [0.2, 0.25) is 0 Å². The first-order valence-corrected chi connectivity index (χ1v) is 6.75. The van der Waals surface area contributed by atoms with Crippen LogP contribution in [0.25, 0.3) is 0 Å². The SMILES string of the molecule is Cc1cccc(C(=O)CC(CN)CC(C)C)c1C. The van der Waals surface area contributed by atoms with E-state index in [4.69, 9.17) is 5.73 Å². The molecule has 0 spiro atoms. The van der Waals surface area contributed by atoms with Gasteiger partial charge in [0.15, 0.2) is 5.78 Å². The monoisotopic (exact) mass is 247 g/mol. The van der Waals surface area contributed by atoms with E-state index in [1.165, 1.54) is 5.56 Å². The molecule has 2 nitrogen and oxygen atoms in total. The van der Waals surface area contributed by atoms with Gasteiger partial charge in [-0.2, -0.15) is 0 Å². The zero-order valence-electron chi connectivity index (χ0n) is 12.0. The van der Waals surface area contributed by atoms with Crippen LogP contribution >= 0.6 is 0 Å². The van der Waals surface area contributed by atoms with Gasteiger partial charge in [0.05, 0.1) is 0 Å². The van der Waals surface area contributed by atoms with Crippen LogP contribution in [0.15, 0.2) is 18.2 Å². The highest BCUT2D eigenvalue weighted by molar-refractivity contribution is 5.97. The van der Waals surface area contributed by atoms with Crippen LogP contribution in [0.1, 0.15) is 48.2 Å². The second kappa shape index (κ2) is 6.69. The third kappa shape index (κ3) is 3.95. The fourth-order valence-corrected chi connectivity index (χ4v) is 2.35. The summed E-state index contributed by atoms with van der Waals surface area (Å²) in [7, 11) is 0. The Labute approximate surface area is 111 Å². The van der Waals surface area contributed by atoms with E-state index in [2.05, 4.69) is 13.8 Å². The fraction of sp³-hybridized carbons (Fsp3) is 0.562. The standard InChI is InChI=1S/C16H25NO/c1-11(2)8-14(10-17)9-16(18)15-7-5-6-12(3)13(15)4/h5-7,11,14H,8-10,17H2,1-4H3. The van der Waals surface area contributed by atoms with E-state index in [1.54, 1.807) is 0 Å². The number of benzene rings is 1. The van der Waals surface area contributed by atoms with Gasteiger partial charge < -0.3 is 5.73 Å². The van der Waals surface area contributed by atoms with Gasteiger partial charge in [-0.25, -0.2) is 0 Å². The number of hydrogen-bond donors (Lipinski definition) is 1. The number of carbonyl (C=O) groups is 1. The van der Waals surface area contributed by atoms with Crippen molar-refractivity contribution in [3.05, 3.63) is 34.9 Å². The van der Waals surface area contributed by atoms with Gasteiger partial charge in [-0.3, -0.25) is 4.79 Å². The lowest BCUT2D eigenvalue weighted by Crippen LogP contribution is -2.20. The number of carbonyl (C=O) groups excluding carboxylic acids is 1. The second-order valence-corrected chi connectivity index (χ2v) is 5.61. The maximum absolute atomic E-state index is 12.3. The predicted molar refractivity (Wildman–Crippen MR) is 76.9 cm³/mol. The molecule has 0 saturated heterocycles. The highest BCUT2D eigenvalue weighted by atomic mass is 16.1. The summed E-state index contributed by atoms with van der Waals surface area (Å²) >= 11 is 0. The van der Waals surface area contributed by atoms with Crippen LogP contribution in [0.5, 0.6) is 0 Å². The van der Waals surface area contributed by atoms with Gasteiger partial charge in [-0.15, -0.1) is 0 Å². The van der Waals surface area contributed by atoms with E-state index >= 15 is 0 Å². The van der Waals surface area contributed by atoms with E-state index < -0.39 is 0 Å². The van der Waals surface area contributed by atoms with Gasteiger partial charge in [0, 0.05) is 12.0 Å². The minimum absolute atomic E-state index is 0.229. The van der Waals surface area contributed by atoms with Crippen molar-refractivity contribution in [2.45, 2.75) is 40.5 Å². The van der Waals surface area contributed by atoms with Crippen LogP contribution in [0, 0.1) is 25.7 Å². The molecular weight excluding hydrogens is 222 g/mol. The fourth-order valence-electron chi connectivity index (χ4n) is 2.35. The first kappa shape index (κ1) is 14.9. The number of hydrogen-bond acceptors (Lipinski definition) is 2. The van der Waals surface area contributed by atoms with E-state index in [0.29, 0.717) is 24.8 Å². The van der Waals surface area contributed by atoms with Gasteiger partial charge in [-0.05, 0) is 49.8 Å². The molecule has 0 fully saturated rings. The molecule has 1 aromatic carbocycles. The zero-order valence-corrected chi connectivity index (χ0v) is 12.0. The third-order valence-electron chi connectivity index (χ3n) is 3.52. The van der Waals surface area contributed by atoms with Crippen LogP contribution in [-0.2, 0) is 0 Å². The Morgan fingerprint density at radius 2 is 1.94 bits per heavy atom. The molecule has 1 aromatic rings. The third-order valence-corrected chi connectivity index (χ3v) is 3.52. The molecule has 0 aromatic heterocycles. The van der Waals surface area contributed by atoms with Crippen molar-refractivity contribution in [2.75, 3.05) is 6.54 Å². The molecule has 0 aliphatic heterocycles. The Balaban J connectivity index is 2.78. The summed E-state index contributed by atoms with van der Waals surface area (Å²) in [6, 6.07) is 5.92. The Morgan fingerprint density at radius 3 is 2.50 bits per heavy atom. The number of aryl methyl sites for hydroxylation is 1. The molecule has 100 valence electrons. The molecule has 1 atom stereocenters. The normalized spacial score (nSPS) is 12.8. The molecule has 1 unspecified atom stereocenters. The van der Waals surface area contributed by atoms with Crippen molar-refractivity contribution in [2.24, 2.45) is 17.6 Å². The maximum Gasteiger partial charge on any atom is 0.163 e. The van der Waals surface area contributed by atoms with Crippen LogP contribution < -0.4 is 5.73 Å². The maximum atomic E-state index is 12.3. The Kier molecular flexibility index (Phi) is 5.54. The lowest BCUT2D eigenvalue weighted by atomic mass is 9.89. The summed E-state index contributed by atoms with van der Waals surface area (Å²) in [5.74, 6) is 1.12. The van der Waals surface area contributed by atoms with Crippen molar-refractivity contribution in [3.8, 4) is 0 Å². The summed E-state index contributed by atoms with van der Waals surface area (Å²) in [6.07, 6.45) is 1.59. The van der Waals surface area contributed by atoms with Crippen molar-refractivity contribution < 1.29 is 4.79 Å². The van der Waals surface area contributed by atoms with E-state index in [-0.39, 0.29) is 5.78 Å². The lowest BCUT2D eigenvalue weighted by molar-refractivity contribution is 0.0956. The molecule has 18 heavy (non-hydrogen) atoms. The smallest absolute Gasteiger partial charge is 0.163 e. The number of Topliss-reactive ketones (excluding diaryl/α,β-unsaturated/α-hetero) is 1. The van der Waals surface area contributed by atoms with Crippen molar-refractivity contribution in [1.29, 1.82) is 0 Å². The summed E-state index contributed by atoms with van der Waals surface area (Å²) in [5, 5.41) is 0. The van der Waals surface area contributed by atoms with Crippen molar-refractivity contribution in [3.63, 3.8) is 0 Å². The molecule has 0 aliphatic rings. The van der Waals surface area contributed by atoms with Gasteiger partial charge in [0.1, 0.15) is 0 Å². The van der Waals surface area contributed by atoms with Gasteiger partial charge in [0.25, 0.3) is 0 Å². The highest BCUT2D eigenvalue weighted by Gasteiger charge is 2.17. The molecule has 0 heterocycles. The van der Waals surface area contributed by atoms with Crippen LogP contribution in [0.3, 0.4) is 0 Å². The van der Waals surface area contributed by atoms with Crippen LogP contribution in [0.2, 0.25) is 0 Å². The quantitative estimate of drug-likeness (QED) is 0.782. The molecule has 2 N–H and O–H groups in total. The lowest BCUT2D eigenvalue weighted by Gasteiger charge is -2.17. The van der Waals surface area contributed by atoms with Gasteiger partial charge >= 0.3 is 0 Å². The van der Waals surface area contributed by atoms with Crippen molar-refractivity contribution >= 4 is 5.78 Å². The van der Waals surface area contributed by atoms with E-state index in [1.807, 2.05) is 32.0 Å². The summed E-state index contributed by atoms with van der Waals surface area (Å²) < 4.78 is 0. The number of nitrogens with two attached hydrogens (primary N) is 1. The van der Waals surface area contributed by atoms with E-state index in [0.717, 1.165) is 17.5 Å². The summed E-state index contributed by atoms with van der Waals surface area (Å²) in [6.45, 7) is 8.99. The zero-order chi connectivity index (χ0) is 13.7. The van der Waals surface area contributed by atoms with Gasteiger partial charge in [-0.1, -0.05) is 32.0 Å². The van der Waals surface area contributed by atoms with Crippen LogP contribution in [-0.4, -0.2) is 12.3 Å². The Morgan fingerprint density at radius 1 is 1.28 bits per heavy atom. The molecule has 0 radical (unpaired) electrons. The first-order valence-electron chi connectivity index (χ1n) is 6.75. The van der Waals surface area contributed by atoms with Crippen LogP contribution in [0.4, 0.5) is 0 Å². The minimum Gasteiger partial charge on any atom is -0.330 e. The second-order valence-electron chi connectivity index (χ2n) is 5.61. The molecule has 0 bridgehead atoms. The minimum atomic E-state index is 0.229. The summed E-state index contributed by atoms with van der Waals surface area (Å²) in [5.41, 5.74) is 8.90. The molecule has 0 amide bonds.